The van der Waals surface area contributed by atoms with Gasteiger partial charge in [-0.15, -0.1) is 0 Å². The second kappa shape index (κ2) is 4.57. The van der Waals surface area contributed by atoms with Gasteiger partial charge in [0.2, 0.25) is 0 Å². The highest BCUT2D eigenvalue weighted by Crippen LogP contribution is 2.32. The summed E-state index contributed by atoms with van der Waals surface area (Å²) in [5.74, 6) is -2.96. The highest BCUT2D eigenvalue weighted by atomic mass is 19.3. The number of alkyl halides is 2. The molecule has 0 atom stereocenters. The molecule has 0 aliphatic carbocycles. The monoisotopic (exact) mass is 215 g/mol. The van der Waals surface area contributed by atoms with Crippen LogP contribution in [0.15, 0.2) is 24.3 Å². The zero-order valence-electron chi connectivity index (χ0n) is 8.87. The fourth-order valence-corrected chi connectivity index (χ4v) is 1.30. The van der Waals surface area contributed by atoms with E-state index in [0.717, 1.165) is 5.69 Å². The van der Waals surface area contributed by atoms with E-state index >= 15 is 0 Å². The zero-order chi connectivity index (χ0) is 11.5. The van der Waals surface area contributed by atoms with Gasteiger partial charge in [0.1, 0.15) is 0 Å². The molecular formula is C11H15F2NO. The second-order valence-electron chi connectivity index (χ2n) is 3.62. The maximum absolute atomic E-state index is 13.4. The first kappa shape index (κ1) is 11.9. The molecule has 0 saturated carbocycles. The van der Waals surface area contributed by atoms with Crippen molar-refractivity contribution in [2.24, 2.45) is 0 Å². The van der Waals surface area contributed by atoms with Gasteiger partial charge in [0, 0.05) is 38.4 Å². The van der Waals surface area contributed by atoms with Crippen LogP contribution in [0.3, 0.4) is 0 Å². The third kappa shape index (κ3) is 2.89. The molecule has 1 N–H and O–H groups in total. The first-order valence-corrected chi connectivity index (χ1v) is 4.74. The van der Waals surface area contributed by atoms with E-state index in [2.05, 4.69) is 0 Å². The fourth-order valence-electron chi connectivity index (χ4n) is 1.30. The van der Waals surface area contributed by atoms with Gasteiger partial charge in [-0.2, -0.15) is 0 Å². The average Bonchev–Trinajstić information content (AvgIpc) is 2.18. The van der Waals surface area contributed by atoms with E-state index in [9.17, 15) is 8.78 Å². The maximum atomic E-state index is 13.4. The molecule has 0 amide bonds. The van der Waals surface area contributed by atoms with Gasteiger partial charge >= 0.3 is 0 Å². The molecule has 0 spiro atoms. The zero-order valence-corrected chi connectivity index (χ0v) is 8.87. The molecule has 84 valence electrons. The first-order chi connectivity index (χ1) is 6.97. The minimum atomic E-state index is -2.96. The van der Waals surface area contributed by atoms with Gasteiger partial charge in [0.25, 0.3) is 5.92 Å². The molecule has 1 aromatic carbocycles. The Morgan fingerprint density at radius 2 is 2.00 bits per heavy atom. The molecule has 0 aromatic heterocycles. The summed E-state index contributed by atoms with van der Waals surface area (Å²) in [5.41, 5.74) is 0.674. The van der Waals surface area contributed by atoms with Crippen LogP contribution in [0.4, 0.5) is 14.5 Å². The van der Waals surface area contributed by atoms with Gasteiger partial charge in [-0.3, -0.25) is 0 Å². The summed E-state index contributed by atoms with van der Waals surface area (Å²) in [5, 5.41) is 8.55. The Balaban J connectivity index is 2.99. The minimum absolute atomic E-state index is 0.0530. The number of aliphatic hydroxyl groups is 1. The molecule has 1 aromatic rings. The molecule has 0 aliphatic rings. The van der Waals surface area contributed by atoms with Crippen LogP contribution in [0, 0.1) is 0 Å². The normalized spacial score (nSPS) is 11.5. The van der Waals surface area contributed by atoms with E-state index in [1.165, 1.54) is 12.1 Å². The van der Waals surface area contributed by atoms with Crippen molar-refractivity contribution < 1.29 is 13.9 Å². The van der Waals surface area contributed by atoms with E-state index < -0.39 is 19.0 Å². The van der Waals surface area contributed by atoms with Crippen LogP contribution in [0.1, 0.15) is 12.0 Å². The topological polar surface area (TPSA) is 23.5 Å². The fraction of sp³-hybridized carbons (Fsp3) is 0.455. The molecular weight excluding hydrogens is 200 g/mol. The number of anilines is 1. The van der Waals surface area contributed by atoms with Crippen LogP contribution < -0.4 is 4.90 Å². The highest BCUT2D eigenvalue weighted by molar-refractivity contribution is 5.48. The molecule has 0 unspecified atom stereocenters. The Hall–Kier alpha value is -1.16. The summed E-state index contributed by atoms with van der Waals surface area (Å²) in [6, 6.07) is 6.17. The number of benzene rings is 1. The Morgan fingerprint density at radius 1 is 1.33 bits per heavy atom. The Labute approximate surface area is 88.1 Å². The average molecular weight is 215 g/mol. The first-order valence-electron chi connectivity index (χ1n) is 4.74. The SMILES string of the molecule is CN(C)c1cccc(C(F)(F)CCO)c1. The van der Waals surface area contributed by atoms with Gasteiger partial charge in [-0.05, 0) is 12.1 Å². The largest absolute Gasteiger partial charge is 0.396 e. The van der Waals surface area contributed by atoms with Gasteiger partial charge in [0.15, 0.2) is 0 Å². The van der Waals surface area contributed by atoms with Crippen molar-refractivity contribution in [1.82, 2.24) is 0 Å². The van der Waals surface area contributed by atoms with Crippen LogP contribution >= 0.6 is 0 Å². The summed E-state index contributed by atoms with van der Waals surface area (Å²) in [7, 11) is 3.59. The highest BCUT2D eigenvalue weighted by Gasteiger charge is 2.30. The Bertz CT molecular complexity index is 326. The van der Waals surface area contributed by atoms with Crippen molar-refractivity contribution in [2.75, 3.05) is 25.6 Å². The van der Waals surface area contributed by atoms with E-state index in [1.807, 2.05) is 0 Å². The summed E-state index contributed by atoms with van der Waals surface area (Å²) >= 11 is 0. The minimum Gasteiger partial charge on any atom is -0.396 e. The quantitative estimate of drug-likeness (QED) is 0.832. The molecule has 0 fully saturated rings. The van der Waals surface area contributed by atoms with Crippen LogP contribution in [0.25, 0.3) is 0 Å². The van der Waals surface area contributed by atoms with E-state index in [4.69, 9.17) is 5.11 Å². The predicted molar refractivity (Wildman–Crippen MR) is 56.4 cm³/mol. The van der Waals surface area contributed by atoms with Gasteiger partial charge < -0.3 is 10.0 Å². The Morgan fingerprint density at radius 3 is 2.53 bits per heavy atom. The molecule has 2 nitrogen and oxygen atoms in total. The smallest absolute Gasteiger partial charge is 0.275 e. The third-order valence-corrected chi connectivity index (χ3v) is 2.21. The standard InChI is InChI=1S/C11H15F2NO/c1-14(2)10-5-3-4-9(8-10)11(12,13)6-7-15/h3-5,8,15H,6-7H2,1-2H3. The van der Waals surface area contributed by atoms with Crippen LogP contribution in [-0.2, 0) is 5.92 Å². The summed E-state index contributed by atoms with van der Waals surface area (Å²) in [4.78, 5) is 1.76. The second-order valence-corrected chi connectivity index (χ2v) is 3.62. The molecule has 0 saturated heterocycles. The number of hydrogen-bond acceptors (Lipinski definition) is 2. The molecule has 0 bridgehead atoms. The third-order valence-electron chi connectivity index (χ3n) is 2.21. The van der Waals surface area contributed by atoms with Crippen molar-refractivity contribution >= 4 is 5.69 Å². The molecule has 4 heteroatoms. The van der Waals surface area contributed by atoms with E-state index in [0.29, 0.717) is 0 Å². The molecule has 0 radical (unpaired) electrons. The van der Waals surface area contributed by atoms with Crippen LogP contribution in [-0.4, -0.2) is 25.8 Å². The van der Waals surface area contributed by atoms with Gasteiger partial charge in [0.05, 0.1) is 0 Å². The number of halogens is 2. The molecule has 0 aliphatic heterocycles. The molecule has 0 heterocycles. The lowest BCUT2D eigenvalue weighted by Crippen LogP contribution is -2.16. The van der Waals surface area contributed by atoms with E-state index in [1.54, 1.807) is 31.1 Å². The summed E-state index contributed by atoms with van der Waals surface area (Å²) < 4.78 is 26.8. The van der Waals surface area contributed by atoms with Crippen molar-refractivity contribution in [1.29, 1.82) is 0 Å². The van der Waals surface area contributed by atoms with Crippen molar-refractivity contribution in [3.63, 3.8) is 0 Å². The van der Waals surface area contributed by atoms with Crippen molar-refractivity contribution in [3.8, 4) is 0 Å². The molecule has 1 rings (SSSR count). The summed E-state index contributed by atoms with van der Waals surface area (Å²) in [6.07, 6.45) is -0.538. The van der Waals surface area contributed by atoms with Crippen LogP contribution in [0.2, 0.25) is 0 Å². The van der Waals surface area contributed by atoms with Gasteiger partial charge in [-0.25, -0.2) is 8.78 Å². The summed E-state index contributed by atoms with van der Waals surface area (Å²) in [6.45, 7) is -0.515. The molecule has 15 heavy (non-hydrogen) atoms. The number of nitrogens with zero attached hydrogens (tertiary/aromatic N) is 1. The Kier molecular flexibility index (Phi) is 3.63. The lowest BCUT2D eigenvalue weighted by Gasteiger charge is -2.18. The number of aliphatic hydroxyl groups excluding tert-OH is 1. The van der Waals surface area contributed by atoms with Crippen LogP contribution in [0.5, 0.6) is 0 Å². The van der Waals surface area contributed by atoms with Gasteiger partial charge in [-0.1, -0.05) is 12.1 Å². The number of hydrogen-bond donors (Lipinski definition) is 1. The maximum Gasteiger partial charge on any atom is 0.275 e. The predicted octanol–water partition coefficient (Wildman–Crippen LogP) is 2.23. The van der Waals surface area contributed by atoms with Crippen molar-refractivity contribution in [3.05, 3.63) is 29.8 Å². The number of rotatable bonds is 4. The van der Waals surface area contributed by atoms with E-state index in [-0.39, 0.29) is 5.56 Å². The van der Waals surface area contributed by atoms with Crippen molar-refractivity contribution in [2.45, 2.75) is 12.3 Å². The lowest BCUT2D eigenvalue weighted by atomic mass is 10.1. The lowest BCUT2D eigenvalue weighted by molar-refractivity contribution is -0.0269.